The van der Waals surface area contributed by atoms with Crippen LogP contribution in [-0.2, 0) is 5.41 Å². The van der Waals surface area contributed by atoms with Crippen molar-refractivity contribution in [3.05, 3.63) is 72.1 Å². The van der Waals surface area contributed by atoms with Crippen molar-refractivity contribution < 1.29 is 14.3 Å². The maximum absolute atomic E-state index is 12.8. The van der Waals surface area contributed by atoms with Crippen molar-refractivity contribution in [1.82, 2.24) is 4.98 Å². The molecule has 0 fully saturated rings. The first-order valence-electron chi connectivity index (χ1n) is 9.39. The average molecular weight is 401 g/mol. The number of carbonyl (C=O) groups excluding carboxylic acids is 1. The molecule has 3 aromatic rings. The lowest BCUT2D eigenvalue weighted by molar-refractivity contribution is 0.102. The van der Waals surface area contributed by atoms with Gasteiger partial charge in [-0.2, -0.15) is 5.26 Å². The topological polar surface area (TPSA) is 84.2 Å². The van der Waals surface area contributed by atoms with E-state index in [9.17, 15) is 10.1 Å². The molecule has 0 bridgehead atoms. The highest BCUT2D eigenvalue weighted by atomic mass is 16.5. The Balaban J connectivity index is 1.98. The summed E-state index contributed by atoms with van der Waals surface area (Å²) < 4.78 is 10.5. The lowest BCUT2D eigenvalue weighted by Crippen LogP contribution is -2.17. The fourth-order valence-electron chi connectivity index (χ4n) is 3.18. The molecule has 1 aromatic heterocycles. The van der Waals surface area contributed by atoms with E-state index in [1.165, 1.54) is 7.11 Å². The number of anilines is 1. The van der Waals surface area contributed by atoms with Gasteiger partial charge in [0.15, 0.2) is 11.5 Å². The predicted octanol–water partition coefficient (Wildman–Crippen LogP) is 4.82. The van der Waals surface area contributed by atoms with Gasteiger partial charge in [-0.3, -0.25) is 9.78 Å². The minimum absolute atomic E-state index is 0.274. The maximum Gasteiger partial charge on any atom is 0.255 e. The summed E-state index contributed by atoms with van der Waals surface area (Å²) in [6.07, 6.45) is 3.40. The number of benzene rings is 2. The molecule has 1 heterocycles. The van der Waals surface area contributed by atoms with Crippen LogP contribution in [-0.4, -0.2) is 25.1 Å². The molecule has 0 saturated carbocycles. The Bertz CT molecular complexity index is 1100. The first-order chi connectivity index (χ1) is 14.4. The van der Waals surface area contributed by atoms with Crippen molar-refractivity contribution in [2.24, 2.45) is 0 Å². The smallest absolute Gasteiger partial charge is 0.255 e. The molecule has 0 radical (unpaired) electrons. The molecule has 2 aromatic carbocycles. The van der Waals surface area contributed by atoms with E-state index in [0.29, 0.717) is 22.7 Å². The van der Waals surface area contributed by atoms with Crippen molar-refractivity contribution in [3.8, 4) is 28.7 Å². The first kappa shape index (κ1) is 20.9. The summed E-state index contributed by atoms with van der Waals surface area (Å²) in [4.78, 5) is 16.9. The Morgan fingerprint density at radius 3 is 2.33 bits per heavy atom. The maximum atomic E-state index is 12.8. The number of methoxy groups -OCH3 is 2. The van der Waals surface area contributed by atoms with E-state index in [-0.39, 0.29) is 5.91 Å². The molecule has 0 aliphatic carbocycles. The Labute approximate surface area is 176 Å². The number of carbonyl (C=O) groups is 1. The minimum Gasteiger partial charge on any atom is -0.493 e. The minimum atomic E-state index is -0.690. The van der Waals surface area contributed by atoms with Gasteiger partial charge in [0, 0.05) is 23.6 Å². The Morgan fingerprint density at radius 2 is 1.70 bits per heavy atom. The van der Waals surface area contributed by atoms with Gasteiger partial charge in [-0.15, -0.1) is 0 Å². The highest BCUT2D eigenvalue weighted by Crippen LogP contribution is 2.35. The molecule has 6 heteroatoms. The standard InChI is InChI=1S/C24H23N3O3/c1-24(2,15-25)20-7-6-18(14-19(20)16-9-11-26-12-10-16)27-23(28)17-5-8-21(29-3)22(13-17)30-4/h5-14H,1-4H3,(H,27,28). The van der Waals surface area contributed by atoms with Crippen LogP contribution in [0, 0.1) is 11.3 Å². The summed E-state index contributed by atoms with van der Waals surface area (Å²) in [6.45, 7) is 3.74. The molecular formula is C24H23N3O3. The number of ether oxygens (including phenoxy) is 2. The molecular weight excluding hydrogens is 378 g/mol. The van der Waals surface area contributed by atoms with Crippen LogP contribution in [0.15, 0.2) is 60.9 Å². The molecule has 3 rings (SSSR count). The summed E-state index contributed by atoms with van der Waals surface area (Å²) >= 11 is 0. The second-order valence-corrected chi connectivity index (χ2v) is 7.26. The summed E-state index contributed by atoms with van der Waals surface area (Å²) in [7, 11) is 3.07. The van der Waals surface area contributed by atoms with Gasteiger partial charge >= 0.3 is 0 Å². The van der Waals surface area contributed by atoms with Gasteiger partial charge in [-0.05, 0) is 73.0 Å². The normalized spacial score (nSPS) is 10.8. The van der Waals surface area contributed by atoms with Crippen LogP contribution < -0.4 is 14.8 Å². The number of hydrogen-bond acceptors (Lipinski definition) is 5. The van der Waals surface area contributed by atoms with E-state index in [1.807, 2.05) is 38.1 Å². The zero-order valence-electron chi connectivity index (χ0n) is 17.4. The largest absolute Gasteiger partial charge is 0.493 e. The second kappa shape index (κ2) is 8.66. The van der Waals surface area contributed by atoms with Crippen LogP contribution in [0.3, 0.4) is 0 Å². The zero-order valence-corrected chi connectivity index (χ0v) is 17.4. The van der Waals surface area contributed by atoms with Crippen molar-refractivity contribution in [2.45, 2.75) is 19.3 Å². The SMILES string of the molecule is COc1ccc(C(=O)Nc2ccc(C(C)(C)C#N)c(-c3ccncc3)c2)cc1OC. The third-order valence-corrected chi connectivity index (χ3v) is 4.87. The molecule has 152 valence electrons. The molecule has 0 aliphatic rings. The molecule has 0 unspecified atom stereocenters. The number of pyridine rings is 1. The van der Waals surface area contributed by atoms with Gasteiger partial charge in [0.1, 0.15) is 0 Å². The Hall–Kier alpha value is -3.85. The molecule has 0 spiro atoms. The second-order valence-electron chi connectivity index (χ2n) is 7.26. The van der Waals surface area contributed by atoms with Crippen LogP contribution in [0.5, 0.6) is 11.5 Å². The molecule has 30 heavy (non-hydrogen) atoms. The molecule has 0 saturated heterocycles. The van der Waals surface area contributed by atoms with Crippen molar-refractivity contribution in [2.75, 3.05) is 19.5 Å². The van der Waals surface area contributed by atoms with E-state index in [1.54, 1.807) is 43.8 Å². The van der Waals surface area contributed by atoms with Crippen molar-refractivity contribution >= 4 is 11.6 Å². The van der Waals surface area contributed by atoms with Crippen LogP contribution in [0.4, 0.5) is 5.69 Å². The molecule has 6 nitrogen and oxygen atoms in total. The fraction of sp³-hybridized carbons (Fsp3) is 0.208. The van der Waals surface area contributed by atoms with E-state index in [0.717, 1.165) is 16.7 Å². The quantitative estimate of drug-likeness (QED) is 0.640. The number of hydrogen-bond donors (Lipinski definition) is 1. The highest BCUT2D eigenvalue weighted by molar-refractivity contribution is 6.05. The van der Waals surface area contributed by atoms with Gasteiger partial charge in [0.05, 0.1) is 25.7 Å². The van der Waals surface area contributed by atoms with Crippen molar-refractivity contribution in [1.29, 1.82) is 5.26 Å². The van der Waals surface area contributed by atoms with E-state index >= 15 is 0 Å². The number of amides is 1. The lowest BCUT2D eigenvalue weighted by atomic mass is 9.81. The summed E-state index contributed by atoms with van der Waals surface area (Å²) in [5, 5.41) is 12.5. The van der Waals surface area contributed by atoms with Crippen molar-refractivity contribution in [3.63, 3.8) is 0 Å². The fourth-order valence-corrected chi connectivity index (χ4v) is 3.18. The van der Waals surface area contributed by atoms with Gasteiger partial charge in [0.25, 0.3) is 5.91 Å². The average Bonchev–Trinajstić information content (AvgIpc) is 2.78. The number of rotatable bonds is 6. The summed E-state index contributed by atoms with van der Waals surface area (Å²) in [6, 6.07) is 16.7. The van der Waals surface area contributed by atoms with Gasteiger partial charge < -0.3 is 14.8 Å². The lowest BCUT2D eigenvalue weighted by Gasteiger charge is -2.21. The molecule has 1 N–H and O–H groups in total. The number of nitrogens with zero attached hydrogens (tertiary/aromatic N) is 2. The molecule has 0 atom stereocenters. The van der Waals surface area contributed by atoms with E-state index in [2.05, 4.69) is 16.4 Å². The number of nitriles is 1. The molecule has 1 amide bonds. The first-order valence-corrected chi connectivity index (χ1v) is 9.39. The van der Waals surface area contributed by atoms with Gasteiger partial charge in [-0.1, -0.05) is 6.07 Å². The van der Waals surface area contributed by atoms with Crippen LogP contribution in [0.1, 0.15) is 29.8 Å². The summed E-state index contributed by atoms with van der Waals surface area (Å²) in [5.41, 5.74) is 3.04. The molecule has 0 aliphatic heterocycles. The highest BCUT2D eigenvalue weighted by Gasteiger charge is 2.24. The number of nitrogens with one attached hydrogen (secondary N) is 1. The Kier molecular flexibility index (Phi) is 6.03. The monoisotopic (exact) mass is 401 g/mol. The van der Waals surface area contributed by atoms with Gasteiger partial charge in [-0.25, -0.2) is 0 Å². The predicted molar refractivity (Wildman–Crippen MR) is 116 cm³/mol. The van der Waals surface area contributed by atoms with E-state index < -0.39 is 5.41 Å². The van der Waals surface area contributed by atoms with Crippen LogP contribution >= 0.6 is 0 Å². The van der Waals surface area contributed by atoms with E-state index in [4.69, 9.17) is 9.47 Å². The Morgan fingerprint density at radius 1 is 1.00 bits per heavy atom. The summed E-state index contributed by atoms with van der Waals surface area (Å²) in [5.74, 6) is 0.759. The number of aromatic nitrogens is 1. The third kappa shape index (κ3) is 4.26. The van der Waals surface area contributed by atoms with Gasteiger partial charge in [0.2, 0.25) is 0 Å². The van der Waals surface area contributed by atoms with Crippen LogP contribution in [0.2, 0.25) is 0 Å². The third-order valence-electron chi connectivity index (χ3n) is 4.87. The zero-order chi connectivity index (χ0) is 21.7. The van der Waals surface area contributed by atoms with Crippen LogP contribution in [0.25, 0.3) is 11.1 Å².